The Kier molecular flexibility index (Phi) is 8.48. The summed E-state index contributed by atoms with van der Waals surface area (Å²) in [7, 11) is 0. The van der Waals surface area contributed by atoms with E-state index in [1.54, 1.807) is 0 Å². The molecule has 44 heavy (non-hydrogen) atoms. The smallest absolute Gasteiger partial charge is 0.350 e. The molecule has 0 radical (unpaired) electrons. The van der Waals surface area contributed by atoms with Crippen LogP contribution in [0.5, 0.6) is 0 Å². The third-order valence-corrected chi connectivity index (χ3v) is 9.19. The van der Waals surface area contributed by atoms with Crippen molar-refractivity contribution >= 4 is 23.0 Å². The molecule has 2 aliphatic heterocycles. The van der Waals surface area contributed by atoms with Crippen molar-refractivity contribution in [1.29, 1.82) is 0 Å². The first-order chi connectivity index (χ1) is 20.9. The van der Waals surface area contributed by atoms with Crippen molar-refractivity contribution in [1.82, 2.24) is 9.97 Å². The van der Waals surface area contributed by atoms with E-state index in [-0.39, 0.29) is 26.5 Å². The second kappa shape index (κ2) is 12.3. The van der Waals surface area contributed by atoms with E-state index in [4.69, 9.17) is 9.97 Å². The molecule has 0 bridgehead atoms. The van der Waals surface area contributed by atoms with Crippen LogP contribution in [-0.2, 0) is 39.3 Å². The molecule has 2 aromatic heterocycles. The van der Waals surface area contributed by atoms with Gasteiger partial charge >= 0.3 is 21.1 Å². The van der Waals surface area contributed by atoms with Crippen LogP contribution in [-0.4, -0.2) is 23.1 Å². The third-order valence-electron chi connectivity index (χ3n) is 9.19. The van der Waals surface area contributed by atoms with Crippen LogP contribution in [0.15, 0.2) is 85.2 Å². The molecule has 0 unspecified atom stereocenters. The minimum Gasteiger partial charge on any atom is -0.350 e. The predicted molar refractivity (Wildman–Crippen MR) is 177 cm³/mol. The Balaban J connectivity index is 0.00000343. The van der Waals surface area contributed by atoms with Crippen molar-refractivity contribution < 1.29 is 21.1 Å². The van der Waals surface area contributed by atoms with Crippen LogP contribution >= 0.6 is 0 Å². The molecule has 0 atom stereocenters. The molecule has 4 nitrogen and oxygen atoms in total. The number of aromatic nitrogens is 2. The molecule has 224 valence electrons. The van der Waals surface area contributed by atoms with Gasteiger partial charge in [0, 0.05) is 31.0 Å². The van der Waals surface area contributed by atoms with Crippen LogP contribution in [0.2, 0.25) is 0 Å². The fraction of sp³-hybridized carbons (Fsp3) is 0.282. The molecular weight excluding hydrogens is 720 g/mol. The molecule has 0 N–H and O–H groups in total. The summed E-state index contributed by atoms with van der Waals surface area (Å²) in [5.41, 5.74) is 11.9. The fourth-order valence-corrected chi connectivity index (χ4v) is 6.60. The number of hydrogen-bond acceptors (Lipinski definition) is 4. The normalized spacial score (nSPS) is 14.5. The van der Waals surface area contributed by atoms with Gasteiger partial charge in [0.15, 0.2) is 0 Å². The van der Waals surface area contributed by atoms with E-state index in [2.05, 4.69) is 122 Å². The molecule has 4 heterocycles. The SMILES string of the molecule is Cc1ccnc(N2CCCc3ccc(C(C)(C)c4[c-]c5c(cc4)CCCN5c4cc(C)c(-c5ccccc5)cn4)[c-]c32)c1.[Pt+2]. The number of hydrogen-bond donors (Lipinski definition) is 0. The molecule has 7 rings (SSSR count). The van der Waals surface area contributed by atoms with Crippen LogP contribution in [0, 0.1) is 26.0 Å². The first-order valence-electron chi connectivity index (χ1n) is 15.5. The largest absolute Gasteiger partial charge is 2.00 e. The van der Waals surface area contributed by atoms with Gasteiger partial charge in [0.05, 0.1) is 0 Å². The molecule has 5 heteroatoms. The Bertz CT molecular complexity index is 1800. The molecule has 0 spiro atoms. The summed E-state index contributed by atoms with van der Waals surface area (Å²) in [4.78, 5) is 14.4. The zero-order valence-electron chi connectivity index (χ0n) is 25.9. The van der Waals surface area contributed by atoms with Gasteiger partial charge in [0.2, 0.25) is 0 Å². The summed E-state index contributed by atoms with van der Waals surface area (Å²) in [6.07, 6.45) is 8.29. The van der Waals surface area contributed by atoms with Gasteiger partial charge in [-0.05, 0) is 67.0 Å². The molecule has 5 aromatic rings. The van der Waals surface area contributed by atoms with Crippen molar-refractivity contribution in [2.45, 2.75) is 58.8 Å². The van der Waals surface area contributed by atoms with E-state index in [9.17, 15) is 0 Å². The second-order valence-electron chi connectivity index (χ2n) is 12.5. The molecule has 2 aliphatic rings. The van der Waals surface area contributed by atoms with Gasteiger partial charge < -0.3 is 9.80 Å². The van der Waals surface area contributed by atoms with Crippen molar-refractivity contribution in [2.24, 2.45) is 0 Å². The fourth-order valence-electron chi connectivity index (χ4n) is 6.60. The first-order valence-corrected chi connectivity index (χ1v) is 15.5. The Labute approximate surface area is 276 Å². The van der Waals surface area contributed by atoms with Crippen molar-refractivity contribution in [2.75, 3.05) is 22.9 Å². The minimum absolute atomic E-state index is 0. The number of anilines is 4. The molecule has 3 aromatic carbocycles. The van der Waals surface area contributed by atoms with Gasteiger partial charge in [-0.2, -0.15) is 47.5 Å². The summed E-state index contributed by atoms with van der Waals surface area (Å²) in [5.74, 6) is 2.00. The van der Waals surface area contributed by atoms with Gasteiger partial charge in [0.25, 0.3) is 0 Å². The molecule has 0 aliphatic carbocycles. The number of fused-ring (bicyclic) bond motifs is 2. The van der Waals surface area contributed by atoms with E-state index < -0.39 is 0 Å². The number of rotatable bonds is 5. The standard InChI is InChI=1S/C39H38N4.Pt/c1-27-18-19-40-37(22-27)42-20-8-12-30-14-16-32(24-35(30)42)39(3,4)33-17-15-31-13-9-21-43(36(31)25-33)38-23-28(2)34(26-41-38)29-10-6-5-7-11-29;/h5-7,10-11,14-19,22-23,26H,8-9,12-13,20-21H2,1-4H3;/q-2;+2. The van der Waals surface area contributed by atoms with Gasteiger partial charge in [-0.15, -0.1) is 11.1 Å². The maximum absolute atomic E-state index is 4.97. The van der Waals surface area contributed by atoms with Crippen LogP contribution in [0.3, 0.4) is 0 Å². The van der Waals surface area contributed by atoms with Crippen LogP contribution in [0.4, 0.5) is 23.0 Å². The topological polar surface area (TPSA) is 32.3 Å². The predicted octanol–water partition coefficient (Wildman–Crippen LogP) is 8.85. The van der Waals surface area contributed by atoms with Crippen molar-refractivity contribution in [3.63, 3.8) is 0 Å². The Morgan fingerprint density at radius 1 is 0.705 bits per heavy atom. The quantitative estimate of drug-likeness (QED) is 0.168. The minimum atomic E-state index is -0.281. The Hall–Kier alpha value is -3.75. The van der Waals surface area contributed by atoms with E-state index in [0.29, 0.717) is 0 Å². The molecule has 0 amide bonds. The maximum atomic E-state index is 4.97. The summed E-state index contributed by atoms with van der Waals surface area (Å²) < 4.78 is 0. The zero-order chi connectivity index (χ0) is 29.6. The van der Waals surface area contributed by atoms with Crippen molar-refractivity contribution in [3.8, 4) is 11.1 Å². The monoisotopic (exact) mass is 757 g/mol. The Morgan fingerprint density at radius 2 is 1.30 bits per heavy atom. The number of nitrogens with zero attached hydrogens (tertiary/aromatic N) is 4. The number of pyridine rings is 2. The van der Waals surface area contributed by atoms with E-state index >= 15 is 0 Å². The van der Waals surface area contributed by atoms with Crippen LogP contribution in [0.1, 0.15) is 60.1 Å². The van der Waals surface area contributed by atoms with E-state index in [1.807, 2.05) is 12.4 Å². The first kappa shape index (κ1) is 30.3. The molecular formula is C39H38N4Pt. The van der Waals surface area contributed by atoms with E-state index in [1.165, 1.54) is 44.5 Å². The third kappa shape index (κ3) is 5.61. The zero-order valence-corrected chi connectivity index (χ0v) is 28.2. The van der Waals surface area contributed by atoms with Crippen molar-refractivity contribution in [3.05, 3.63) is 131 Å². The number of benzene rings is 3. The summed E-state index contributed by atoms with van der Waals surface area (Å²) >= 11 is 0. The summed E-state index contributed by atoms with van der Waals surface area (Å²) in [6.45, 7) is 10.8. The van der Waals surface area contributed by atoms with Gasteiger partial charge in [-0.1, -0.05) is 68.4 Å². The van der Waals surface area contributed by atoms with Gasteiger partial charge in [-0.3, -0.25) is 0 Å². The van der Waals surface area contributed by atoms with Crippen LogP contribution in [0.25, 0.3) is 11.1 Å². The molecule has 0 fully saturated rings. The average Bonchev–Trinajstić information content (AvgIpc) is 3.04. The average molecular weight is 758 g/mol. The molecule has 0 saturated heterocycles. The van der Waals surface area contributed by atoms with Gasteiger partial charge in [-0.25, -0.2) is 9.97 Å². The number of aryl methyl sites for hydroxylation is 4. The van der Waals surface area contributed by atoms with Crippen LogP contribution < -0.4 is 9.80 Å². The Morgan fingerprint density at radius 3 is 1.86 bits per heavy atom. The summed E-state index contributed by atoms with van der Waals surface area (Å²) in [5, 5.41) is 0. The summed E-state index contributed by atoms with van der Waals surface area (Å²) in [6, 6.07) is 33.9. The molecule has 0 saturated carbocycles. The van der Waals surface area contributed by atoms with Gasteiger partial charge in [0.1, 0.15) is 11.6 Å². The van der Waals surface area contributed by atoms with E-state index in [0.717, 1.165) is 61.8 Å². The second-order valence-corrected chi connectivity index (χ2v) is 12.5. The maximum Gasteiger partial charge on any atom is 2.00 e.